The minimum absolute atomic E-state index is 0.193. The molecule has 0 aliphatic rings. The average molecular weight is 331 g/mol. The number of aromatic nitrogens is 4. The Labute approximate surface area is 123 Å². The van der Waals surface area contributed by atoms with Crippen molar-refractivity contribution in [1.82, 2.24) is 20.0 Å². The van der Waals surface area contributed by atoms with E-state index in [0.29, 0.717) is 10.3 Å². The summed E-state index contributed by atoms with van der Waals surface area (Å²) in [6, 6.07) is 13.2. The third kappa shape index (κ3) is 2.18. The van der Waals surface area contributed by atoms with E-state index >= 15 is 0 Å². The molecule has 20 heavy (non-hydrogen) atoms. The quantitative estimate of drug-likeness (QED) is 0.785. The van der Waals surface area contributed by atoms with Crippen molar-refractivity contribution in [3.8, 4) is 17.1 Å². The van der Waals surface area contributed by atoms with E-state index < -0.39 is 0 Å². The molecule has 0 unspecified atom stereocenters. The van der Waals surface area contributed by atoms with Crippen LogP contribution in [0.15, 0.2) is 51.7 Å². The second kappa shape index (κ2) is 5.05. The van der Waals surface area contributed by atoms with Crippen molar-refractivity contribution < 1.29 is 0 Å². The van der Waals surface area contributed by atoms with E-state index in [1.807, 2.05) is 43.3 Å². The highest BCUT2D eigenvalue weighted by Crippen LogP contribution is 2.23. The molecule has 0 amide bonds. The molecular weight excluding hydrogens is 320 g/mol. The Morgan fingerprint density at radius 1 is 1.10 bits per heavy atom. The molecule has 0 bridgehead atoms. The Kier molecular flexibility index (Phi) is 3.23. The van der Waals surface area contributed by atoms with Crippen LogP contribution in [0.5, 0.6) is 0 Å². The molecule has 0 radical (unpaired) electrons. The first-order valence-corrected chi connectivity index (χ1v) is 6.83. The molecule has 3 aromatic rings. The van der Waals surface area contributed by atoms with E-state index in [0.717, 1.165) is 17.0 Å². The lowest BCUT2D eigenvalue weighted by Gasteiger charge is -2.00. The second-order valence-corrected chi connectivity index (χ2v) is 5.13. The van der Waals surface area contributed by atoms with Gasteiger partial charge in [-0.1, -0.05) is 30.3 Å². The number of rotatable bonds is 2. The normalized spacial score (nSPS) is 10.7. The molecule has 0 aliphatic heterocycles. The fourth-order valence-corrected chi connectivity index (χ4v) is 2.38. The first-order chi connectivity index (χ1) is 9.66. The summed E-state index contributed by atoms with van der Waals surface area (Å²) in [6.45, 7) is 1.85. The molecule has 100 valence electrons. The van der Waals surface area contributed by atoms with Gasteiger partial charge < -0.3 is 0 Å². The number of nitrogens with one attached hydrogen (secondary N) is 1. The molecule has 0 aliphatic carbocycles. The van der Waals surface area contributed by atoms with Crippen molar-refractivity contribution >= 4 is 15.9 Å². The van der Waals surface area contributed by atoms with Crippen molar-refractivity contribution in [2.75, 3.05) is 0 Å². The van der Waals surface area contributed by atoms with E-state index in [1.54, 1.807) is 6.07 Å². The van der Waals surface area contributed by atoms with Crippen LogP contribution in [0.25, 0.3) is 17.1 Å². The van der Waals surface area contributed by atoms with Crippen LogP contribution in [0.4, 0.5) is 0 Å². The molecule has 0 spiro atoms. The van der Waals surface area contributed by atoms with Crippen molar-refractivity contribution in [2.45, 2.75) is 6.92 Å². The summed E-state index contributed by atoms with van der Waals surface area (Å²) in [5.41, 5.74) is 2.26. The summed E-state index contributed by atoms with van der Waals surface area (Å²) in [6.07, 6.45) is 0. The number of aryl methyl sites for hydroxylation is 1. The third-order valence-electron chi connectivity index (χ3n) is 2.91. The molecular formula is C14H11BrN4O. The van der Waals surface area contributed by atoms with Crippen LogP contribution in [-0.4, -0.2) is 20.0 Å². The summed E-state index contributed by atoms with van der Waals surface area (Å²) < 4.78 is 1.85. The minimum atomic E-state index is -0.193. The number of benzene rings is 1. The van der Waals surface area contributed by atoms with Gasteiger partial charge in [-0.2, -0.15) is 9.78 Å². The smallest absolute Gasteiger partial charge is 0.287 e. The van der Waals surface area contributed by atoms with E-state index in [1.165, 1.54) is 4.68 Å². The second-order valence-electron chi connectivity index (χ2n) is 4.34. The molecule has 1 N–H and O–H groups in total. The van der Waals surface area contributed by atoms with Crippen LogP contribution in [0.3, 0.4) is 0 Å². The fourth-order valence-electron chi connectivity index (χ4n) is 1.89. The maximum absolute atomic E-state index is 12.3. The first-order valence-electron chi connectivity index (χ1n) is 6.03. The van der Waals surface area contributed by atoms with Gasteiger partial charge in [-0.25, -0.2) is 0 Å². The van der Waals surface area contributed by atoms with Gasteiger partial charge in [0.15, 0.2) is 5.82 Å². The molecule has 1 aromatic carbocycles. The van der Waals surface area contributed by atoms with Gasteiger partial charge in [0, 0.05) is 5.56 Å². The zero-order valence-electron chi connectivity index (χ0n) is 10.7. The lowest BCUT2D eigenvalue weighted by Crippen LogP contribution is -2.16. The minimum Gasteiger partial charge on any atom is -0.288 e. The van der Waals surface area contributed by atoms with Crippen molar-refractivity contribution in [3.05, 3.63) is 63.0 Å². The number of halogens is 1. The third-order valence-corrected chi connectivity index (χ3v) is 3.65. The highest BCUT2D eigenvalue weighted by molar-refractivity contribution is 9.10. The van der Waals surface area contributed by atoms with Gasteiger partial charge in [0.1, 0.15) is 4.47 Å². The predicted octanol–water partition coefficient (Wildman–Crippen LogP) is 2.69. The van der Waals surface area contributed by atoms with Crippen molar-refractivity contribution in [1.29, 1.82) is 0 Å². The van der Waals surface area contributed by atoms with Gasteiger partial charge in [0.2, 0.25) is 0 Å². The SMILES string of the molecule is Cc1ccc(-n2[nH]c(-c3ccccc3)c(Br)c2=O)nn1. The Morgan fingerprint density at radius 3 is 2.50 bits per heavy atom. The predicted molar refractivity (Wildman–Crippen MR) is 79.9 cm³/mol. The standard InChI is InChI=1S/C14H11BrN4O/c1-9-7-8-11(17-16-9)19-14(20)12(15)13(18-19)10-5-3-2-4-6-10/h2-8,18H,1H3. The molecule has 0 saturated carbocycles. The maximum Gasteiger partial charge on any atom is 0.287 e. The van der Waals surface area contributed by atoms with Crippen LogP contribution in [0, 0.1) is 6.92 Å². The summed E-state index contributed by atoms with van der Waals surface area (Å²) in [5.74, 6) is 0.462. The van der Waals surface area contributed by atoms with Gasteiger partial charge >= 0.3 is 0 Å². The molecule has 2 heterocycles. The molecule has 0 atom stereocenters. The highest BCUT2D eigenvalue weighted by Gasteiger charge is 2.14. The van der Waals surface area contributed by atoms with Crippen molar-refractivity contribution in [3.63, 3.8) is 0 Å². The lowest BCUT2D eigenvalue weighted by atomic mass is 10.2. The maximum atomic E-state index is 12.3. The molecule has 2 aromatic heterocycles. The van der Waals surface area contributed by atoms with Crippen LogP contribution < -0.4 is 5.56 Å². The average Bonchev–Trinajstić information content (AvgIpc) is 2.77. The van der Waals surface area contributed by atoms with E-state index in [9.17, 15) is 4.79 Å². The number of H-pyrrole nitrogens is 1. The Morgan fingerprint density at radius 2 is 1.85 bits per heavy atom. The Hall–Kier alpha value is -2.21. The van der Waals surface area contributed by atoms with Gasteiger partial charge in [-0.05, 0) is 35.0 Å². The number of nitrogens with zero attached hydrogens (tertiary/aromatic N) is 3. The first kappa shape index (κ1) is 12.8. The van der Waals surface area contributed by atoms with Crippen molar-refractivity contribution in [2.24, 2.45) is 0 Å². The number of hydrogen-bond donors (Lipinski definition) is 1. The fraction of sp³-hybridized carbons (Fsp3) is 0.0714. The molecule has 3 rings (SSSR count). The molecule has 5 nitrogen and oxygen atoms in total. The lowest BCUT2D eigenvalue weighted by molar-refractivity contribution is 0.786. The monoisotopic (exact) mass is 330 g/mol. The van der Waals surface area contributed by atoms with E-state index in [-0.39, 0.29) is 5.56 Å². The zero-order chi connectivity index (χ0) is 14.1. The largest absolute Gasteiger partial charge is 0.288 e. The van der Waals surface area contributed by atoms with Crippen LogP contribution in [0.2, 0.25) is 0 Å². The van der Waals surface area contributed by atoms with Gasteiger partial charge in [0.05, 0.1) is 11.4 Å². The van der Waals surface area contributed by atoms with Gasteiger partial charge in [-0.3, -0.25) is 9.89 Å². The molecule has 0 fully saturated rings. The van der Waals surface area contributed by atoms with E-state index in [4.69, 9.17) is 0 Å². The molecule has 6 heteroatoms. The van der Waals surface area contributed by atoms with Crippen LogP contribution in [0.1, 0.15) is 5.69 Å². The summed E-state index contributed by atoms with van der Waals surface area (Å²) >= 11 is 3.34. The highest BCUT2D eigenvalue weighted by atomic mass is 79.9. The van der Waals surface area contributed by atoms with Gasteiger partial charge in [0.25, 0.3) is 5.56 Å². The Bertz CT molecular complexity index is 790. The van der Waals surface area contributed by atoms with Crippen LogP contribution in [-0.2, 0) is 0 Å². The molecule has 0 saturated heterocycles. The number of aromatic amines is 1. The van der Waals surface area contributed by atoms with Crippen LogP contribution >= 0.6 is 15.9 Å². The van der Waals surface area contributed by atoms with E-state index in [2.05, 4.69) is 31.2 Å². The topological polar surface area (TPSA) is 63.6 Å². The summed E-state index contributed by atoms with van der Waals surface area (Å²) in [5, 5.41) is 11.0. The summed E-state index contributed by atoms with van der Waals surface area (Å²) in [4.78, 5) is 12.3. The zero-order valence-corrected chi connectivity index (χ0v) is 12.3. The summed E-state index contributed by atoms with van der Waals surface area (Å²) in [7, 11) is 0. The number of hydrogen-bond acceptors (Lipinski definition) is 3. The Balaban J connectivity index is 2.16. The van der Waals surface area contributed by atoms with Gasteiger partial charge in [-0.15, -0.1) is 5.10 Å².